The van der Waals surface area contributed by atoms with Gasteiger partial charge in [-0.1, -0.05) is 29.8 Å². The summed E-state index contributed by atoms with van der Waals surface area (Å²) in [5, 5.41) is 0. The molecule has 4 heteroatoms. The van der Waals surface area contributed by atoms with Crippen LogP contribution in [0.25, 0.3) is 0 Å². The van der Waals surface area contributed by atoms with Crippen molar-refractivity contribution < 1.29 is 14.3 Å². The van der Waals surface area contributed by atoms with E-state index in [-0.39, 0.29) is 0 Å². The van der Waals surface area contributed by atoms with Gasteiger partial charge in [-0.05, 0) is 47.5 Å². The fourth-order valence-corrected chi connectivity index (χ4v) is 2.47. The highest BCUT2D eigenvalue weighted by Gasteiger charge is 2.12. The summed E-state index contributed by atoms with van der Waals surface area (Å²) in [5.41, 5.74) is 2.84. The first-order chi connectivity index (χ1) is 10.1. The zero-order chi connectivity index (χ0) is 15.2. The summed E-state index contributed by atoms with van der Waals surface area (Å²) in [6, 6.07) is 11.6. The highest BCUT2D eigenvalue weighted by atomic mass is 79.9. The number of rotatable bonds is 6. The molecule has 0 saturated heterocycles. The summed E-state index contributed by atoms with van der Waals surface area (Å²) in [7, 11) is 0. The van der Waals surface area contributed by atoms with Gasteiger partial charge in [0.2, 0.25) is 0 Å². The monoisotopic (exact) mass is 348 g/mol. The molecule has 2 rings (SSSR count). The van der Waals surface area contributed by atoms with Gasteiger partial charge in [-0.25, -0.2) is 0 Å². The molecule has 0 amide bonds. The molecule has 2 aromatic rings. The topological polar surface area (TPSA) is 35.5 Å². The maximum absolute atomic E-state index is 10.9. The molecule has 0 aliphatic heterocycles. The first kappa shape index (κ1) is 15.6. The van der Waals surface area contributed by atoms with Gasteiger partial charge in [0.15, 0.2) is 11.5 Å². The molecule has 110 valence electrons. The van der Waals surface area contributed by atoms with Gasteiger partial charge in [0, 0.05) is 5.56 Å². The van der Waals surface area contributed by atoms with E-state index in [0.29, 0.717) is 34.7 Å². The number of halogens is 1. The van der Waals surface area contributed by atoms with Gasteiger partial charge in [-0.2, -0.15) is 0 Å². The minimum Gasteiger partial charge on any atom is -0.490 e. The van der Waals surface area contributed by atoms with Gasteiger partial charge in [0.1, 0.15) is 12.9 Å². The smallest absolute Gasteiger partial charge is 0.175 e. The van der Waals surface area contributed by atoms with E-state index in [0.717, 1.165) is 11.8 Å². The summed E-state index contributed by atoms with van der Waals surface area (Å²) in [6.45, 7) is 4.90. The third-order valence-corrected chi connectivity index (χ3v) is 3.56. The maximum atomic E-state index is 10.9. The van der Waals surface area contributed by atoms with Crippen molar-refractivity contribution in [2.75, 3.05) is 6.61 Å². The third kappa shape index (κ3) is 4.08. The Labute approximate surface area is 133 Å². The van der Waals surface area contributed by atoms with Crippen LogP contribution in [-0.4, -0.2) is 12.9 Å². The Morgan fingerprint density at radius 1 is 1.14 bits per heavy atom. The van der Waals surface area contributed by atoms with E-state index in [9.17, 15) is 4.79 Å². The average molecular weight is 349 g/mol. The minimum absolute atomic E-state index is 0.444. The van der Waals surface area contributed by atoms with Crippen molar-refractivity contribution in [2.24, 2.45) is 0 Å². The molecule has 0 saturated carbocycles. The summed E-state index contributed by atoms with van der Waals surface area (Å²) in [5.74, 6) is 1.18. The maximum Gasteiger partial charge on any atom is 0.175 e. The SMILES string of the molecule is CCOc1cc(C=O)cc(Br)c1OCc1ccc(C)cc1. The molecule has 0 spiro atoms. The highest BCUT2D eigenvalue weighted by molar-refractivity contribution is 9.10. The van der Waals surface area contributed by atoms with Gasteiger partial charge < -0.3 is 9.47 Å². The molecule has 3 nitrogen and oxygen atoms in total. The van der Waals surface area contributed by atoms with Crippen LogP contribution >= 0.6 is 15.9 Å². The van der Waals surface area contributed by atoms with E-state index in [1.54, 1.807) is 12.1 Å². The normalized spacial score (nSPS) is 10.2. The molecule has 0 N–H and O–H groups in total. The second kappa shape index (κ2) is 7.27. The number of ether oxygens (including phenoxy) is 2. The first-order valence-corrected chi connectivity index (χ1v) is 7.53. The molecule has 0 atom stereocenters. The number of aldehydes is 1. The van der Waals surface area contributed by atoms with Crippen LogP contribution in [0.4, 0.5) is 0 Å². The molecular weight excluding hydrogens is 332 g/mol. The van der Waals surface area contributed by atoms with E-state index in [4.69, 9.17) is 9.47 Å². The molecule has 0 fully saturated rings. The quantitative estimate of drug-likeness (QED) is 0.718. The largest absolute Gasteiger partial charge is 0.490 e. The van der Waals surface area contributed by atoms with Gasteiger partial charge in [-0.3, -0.25) is 4.79 Å². The fraction of sp³-hybridized carbons (Fsp3) is 0.235. The van der Waals surface area contributed by atoms with Crippen molar-refractivity contribution in [1.29, 1.82) is 0 Å². The van der Waals surface area contributed by atoms with Crippen LogP contribution in [0, 0.1) is 6.92 Å². The lowest BCUT2D eigenvalue weighted by Crippen LogP contribution is -2.01. The highest BCUT2D eigenvalue weighted by Crippen LogP contribution is 2.37. The zero-order valence-corrected chi connectivity index (χ0v) is 13.6. The number of carbonyl (C=O) groups excluding carboxylic acids is 1. The predicted molar refractivity (Wildman–Crippen MR) is 86.2 cm³/mol. The van der Waals surface area contributed by atoms with Crippen molar-refractivity contribution in [3.63, 3.8) is 0 Å². The Balaban J connectivity index is 2.21. The van der Waals surface area contributed by atoms with Gasteiger partial charge in [-0.15, -0.1) is 0 Å². The van der Waals surface area contributed by atoms with Gasteiger partial charge in [0.05, 0.1) is 11.1 Å². The van der Waals surface area contributed by atoms with Crippen LogP contribution in [-0.2, 0) is 6.61 Å². The Morgan fingerprint density at radius 2 is 1.86 bits per heavy atom. The van der Waals surface area contributed by atoms with Crippen LogP contribution in [0.2, 0.25) is 0 Å². The molecule has 0 heterocycles. The number of carbonyl (C=O) groups is 1. The van der Waals surface area contributed by atoms with Crippen molar-refractivity contribution in [3.05, 3.63) is 57.6 Å². The van der Waals surface area contributed by atoms with Crippen molar-refractivity contribution >= 4 is 22.2 Å². The van der Waals surface area contributed by atoms with Crippen molar-refractivity contribution in [1.82, 2.24) is 0 Å². The van der Waals surface area contributed by atoms with Crippen LogP contribution in [0.3, 0.4) is 0 Å². The van der Waals surface area contributed by atoms with Crippen LogP contribution in [0.5, 0.6) is 11.5 Å². The van der Waals surface area contributed by atoms with Gasteiger partial charge in [0.25, 0.3) is 0 Å². The second-order valence-electron chi connectivity index (χ2n) is 4.66. The molecule has 0 aliphatic carbocycles. The lowest BCUT2D eigenvalue weighted by Gasteiger charge is -2.14. The molecule has 0 aliphatic rings. The Bertz CT molecular complexity index is 621. The molecule has 2 aromatic carbocycles. The van der Waals surface area contributed by atoms with Crippen molar-refractivity contribution in [2.45, 2.75) is 20.5 Å². The van der Waals surface area contributed by atoms with E-state index < -0.39 is 0 Å². The van der Waals surface area contributed by atoms with Gasteiger partial charge >= 0.3 is 0 Å². The molecule has 0 radical (unpaired) electrons. The van der Waals surface area contributed by atoms with Crippen LogP contribution in [0.1, 0.15) is 28.4 Å². The Hall–Kier alpha value is -1.81. The second-order valence-corrected chi connectivity index (χ2v) is 5.51. The lowest BCUT2D eigenvalue weighted by atomic mass is 10.2. The summed E-state index contributed by atoms with van der Waals surface area (Å²) in [6.07, 6.45) is 0.789. The zero-order valence-electron chi connectivity index (χ0n) is 12.1. The van der Waals surface area contributed by atoms with Crippen LogP contribution < -0.4 is 9.47 Å². The molecule has 21 heavy (non-hydrogen) atoms. The number of hydrogen-bond donors (Lipinski definition) is 0. The number of benzene rings is 2. The van der Waals surface area contributed by atoms with Crippen LogP contribution in [0.15, 0.2) is 40.9 Å². The molecular formula is C17H17BrO3. The van der Waals surface area contributed by atoms with E-state index >= 15 is 0 Å². The Morgan fingerprint density at radius 3 is 2.48 bits per heavy atom. The molecule has 0 unspecified atom stereocenters. The minimum atomic E-state index is 0.444. The van der Waals surface area contributed by atoms with Crippen molar-refractivity contribution in [3.8, 4) is 11.5 Å². The average Bonchev–Trinajstić information content (AvgIpc) is 2.48. The number of hydrogen-bond acceptors (Lipinski definition) is 3. The molecule has 0 bridgehead atoms. The fourth-order valence-electron chi connectivity index (χ4n) is 1.90. The standard InChI is InChI=1S/C17H17BrO3/c1-3-20-16-9-14(10-19)8-15(18)17(16)21-11-13-6-4-12(2)5-7-13/h4-10H,3,11H2,1-2H3. The van der Waals surface area contributed by atoms with E-state index in [1.165, 1.54) is 5.56 Å². The summed E-state index contributed by atoms with van der Waals surface area (Å²) >= 11 is 3.43. The molecule has 0 aromatic heterocycles. The van der Waals surface area contributed by atoms with E-state index in [1.807, 2.05) is 38.1 Å². The third-order valence-electron chi connectivity index (χ3n) is 2.97. The number of aryl methyl sites for hydroxylation is 1. The Kier molecular flexibility index (Phi) is 5.39. The first-order valence-electron chi connectivity index (χ1n) is 6.74. The summed E-state index contributed by atoms with van der Waals surface area (Å²) < 4.78 is 12.1. The predicted octanol–water partition coefficient (Wildman–Crippen LogP) is 4.55. The lowest BCUT2D eigenvalue weighted by molar-refractivity contribution is 0.112. The summed E-state index contributed by atoms with van der Waals surface area (Å²) in [4.78, 5) is 10.9. The van der Waals surface area contributed by atoms with E-state index in [2.05, 4.69) is 15.9 Å².